The van der Waals surface area contributed by atoms with E-state index >= 15 is 0 Å². The predicted molar refractivity (Wildman–Crippen MR) is 69.0 cm³/mol. The topological polar surface area (TPSA) is 58.6 Å². The second-order valence-corrected chi connectivity index (χ2v) is 4.90. The lowest BCUT2D eigenvalue weighted by Gasteiger charge is -2.19. The molecule has 1 aliphatic heterocycles. The lowest BCUT2D eigenvalue weighted by molar-refractivity contribution is -0.144. The van der Waals surface area contributed by atoms with E-state index in [0.29, 0.717) is 10.8 Å². The molecule has 0 spiro atoms. The Morgan fingerprint density at radius 1 is 1.61 bits per heavy atom. The number of carboxylic acid groups (broad SMARTS) is 1. The second kappa shape index (κ2) is 6.07. The molecule has 1 aromatic carbocycles. The fraction of sp³-hybridized carbons (Fsp3) is 0.462. The first kappa shape index (κ1) is 13.2. The van der Waals surface area contributed by atoms with E-state index < -0.39 is 11.9 Å². The third-order valence-electron chi connectivity index (χ3n) is 3.21. The molecule has 2 unspecified atom stereocenters. The van der Waals surface area contributed by atoms with Crippen LogP contribution in [0.4, 0.5) is 0 Å². The van der Waals surface area contributed by atoms with Crippen molar-refractivity contribution in [3.63, 3.8) is 0 Å². The normalized spacial score (nSPS) is 20.6. The van der Waals surface area contributed by atoms with Gasteiger partial charge in [-0.3, -0.25) is 4.79 Å². The van der Waals surface area contributed by atoms with E-state index in [1.807, 2.05) is 0 Å². The van der Waals surface area contributed by atoms with Crippen LogP contribution in [0.5, 0.6) is 5.75 Å². The molecular formula is C13H16ClNO3. The lowest BCUT2D eigenvalue weighted by atomic mass is 9.92. The Hall–Kier alpha value is -1.26. The summed E-state index contributed by atoms with van der Waals surface area (Å²) >= 11 is 5.84. The van der Waals surface area contributed by atoms with E-state index in [9.17, 15) is 9.90 Å². The minimum atomic E-state index is -0.800. The van der Waals surface area contributed by atoms with E-state index in [-0.39, 0.29) is 12.5 Å². The Balaban J connectivity index is 1.95. The molecule has 1 aliphatic rings. The summed E-state index contributed by atoms with van der Waals surface area (Å²) in [5.74, 6) is -0.522. The summed E-state index contributed by atoms with van der Waals surface area (Å²) in [6.45, 7) is 1.81. The zero-order valence-corrected chi connectivity index (χ0v) is 10.7. The van der Waals surface area contributed by atoms with E-state index in [0.717, 1.165) is 19.5 Å². The number of carboxylic acids is 1. The highest BCUT2D eigenvalue weighted by Gasteiger charge is 2.31. The number of rotatable bonds is 5. The average molecular weight is 270 g/mol. The lowest BCUT2D eigenvalue weighted by Crippen LogP contribution is -2.30. The summed E-state index contributed by atoms with van der Waals surface area (Å²) < 4.78 is 5.53. The van der Waals surface area contributed by atoms with Crippen LogP contribution < -0.4 is 10.1 Å². The summed E-state index contributed by atoms with van der Waals surface area (Å²) in [5, 5.41) is 13.0. The van der Waals surface area contributed by atoms with Gasteiger partial charge in [0.15, 0.2) is 0 Å². The van der Waals surface area contributed by atoms with Crippen LogP contribution in [-0.2, 0) is 4.79 Å². The van der Waals surface area contributed by atoms with Crippen LogP contribution in [-0.4, -0.2) is 30.8 Å². The zero-order chi connectivity index (χ0) is 13.0. The Morgan fingerprint density at radius 2 is 2.44 bits per heavy atom. The van der Waals surface area contributed by atoms with E-state index in [4.69, 9.17) is 16.3 Å². The van der Waals surface area contributed by atoms with Gasteiger partial charge in [0.1, 0.15) is 12.4 Å². The van der Waals surface area contributed by atoms with Crippen molar-refractivity contribution in [2.24, 2.45) is 11.8 Å². The van der Waals surface area contributed by atoms with Crippen LogP contribution >= 0.6 is 11.6 Å². The molecular weight excluding hydrogens is 254 g/mol. The minimum Gasteiger partial charge on any atom is -0.493 e. The van der Waals surface area contributed by atoms with Gasteiger partial charge in [0, 0.05) is 5.02 Å². The SMILES string of the molecule is O=C(O)C(COc1cccc(Cl)c1)C1CCNC1. The molecule has 0 aromatic heterocycles. The highest BCUT2D eigenvalue weighted by atomic mass is 35.5. The van der Waals surface area contributed by atoms with E-state index in [1.54, 1.807) is 24.3 Å². The number of halogens is 1. The molecule has 98 valence electrons. The van der Waals surface area contributed by atoms with Gasteiger partial charge in [-0.25, -0.2) is 0 Å². The predicted octanol–water partition coefficient (Wildman–Crippen LogP) is 2.03. The summed E-state index contributed by atoms with van der Waals surface area (Å²) in [6, 6.07) is 7.00. The van der Waals surface area contributed by atoms with Gasteiger partial charge in [-0.05, 0) is 43.6 Å². The van der Waals surface area contributed by atoms with E-state index in [1.165, 1.54) is 0 Å². The number of nitrogens with one attached hydrogen (secondary N) is 1. The zero-order valence-electron chi connectivity index (χ0n) is 9.93. The summed E-state index contributed by atoms with van der Waals surface area (Å²) in [5.41, 5.74) is 0. The van der Waals surface area contributed by atoms with Gasteiger partial charge < -0.3 is 15.2 Å². The number of carbonyl (C=O) groups is 1. The van der Waals surface area contributed by atoms with Crippen molar-refractivity contribution in [1.82, 2.24) is 5.32 Å². The van der Waals surface area contributed by atoms with Crippen LogP contribution in [0.3, 0.4) is 0 Å². The van der Waals surface area contributed by atoms with Gasteiger partial charge in [-0.2, -0.15) is 0 Å². The van der Waals surface area contributed by atoms with Crippen LogP contribution in [0.15, 0.2) is 24.3 Å². The van der Waals surface area contributed by atoms with Gasteiger partial charge in [0.2, 0.25) is 0 Å². The number of hydrogen-bond donors (Lipinski definition) is 2. The van der Waals surface area contributed by atoms with Gasteiger partial charge in [-0.1, -0.05) is 17.7 Å². The standard InChI is InChI=1S/C13H16ClNO3/c14-10-2-1-3-11(6-10)18-8-12(13(16)17)9-4-5-15-7-9/h1-3,6,9,12,15H,4-5,7-8H2,(H,16,17). The van der Waals surface area contributed by atoms with Crippen molar-refractivity contribution < 1.29 is 14.6 Å². The number of benzene rings is 1. The number of hydrogen-bond acceptors (Lipinski definition) is 3. The van der Waals surface area contributed by atoms with Crippen LogP contribution in [0.1, 0.15) is 6.42 Å². The molecule has 4 nitrogen and oxygen atoms in total. The first-order chi connectivity index (χ1) is 8.66. The van der Waals surface area contributed by atoms with Crippen molar-refractivity contribution in [3.8, 4) is 5.75 Å². The molecule has 1 heterocycles. The van der Waals surface area contributed by atoms with Crippen LogP contribution in [0.25, 0.3) is 0 Å². The average Bonchev–Trinajstić information content (AvgIpc) is 2.82. The third kappa shape index (κ3) is 3.37. The van der Waals surface area contributed by atoms with Gasteiger partial charge in [-0.15, -0.1) is 0 Å². The second-order valence-electron chi connectivity index (χ2n) is 4.47. The van der Waals surface area contributed by atoms with Crippen LogP contribution in [0, 0.1) is 11.8 Å². The molecule has 2 N–H and O–H groups in total. The van der Waals surface area contributed by atoms with Crippen molar-refractivity contribution in [2.45, 2.75) is 6.42 Å². The monoisotopic (exact) mass is 269 g/mol. The van der Waals surface area contributed by atoms with Crippen molar-refractivity contribution in [3.05, 3.63) is 29.3 Å². The molecule has 18 heavy (non-hydrogen) atoms. The summed E-state index contributed by atoms with van der Waals surface area (Å²) in [4.78, 5) is 11.2. The molecule has 1 aromatic rings. The number of aliphatic carboxylic acids is 1. The van der Waals surface area contributed by atoms with Crippen LogP contribution in [0.2, 0.25) is 5.02 Å². The smallest absolute Gasteiger partial charge is 0.310 e. The molecule has 0 aliphatic carbocycles. The molecule has 0 radical (unpaired) electrons. The maximum absolute atomic E-state index is 11.2. The molecule has 1 saturated heterocycles. The van der Waals surface area contributed by atoms with Crippen molar-refractivity contribution in [2.75, 3.05) is 19.7 Å². The first-order valence-corrected chi connectivity index (χ1v) is 6.36. The summed E-state index contributed by atoms with van der Waals surface area (Å²) in [7, 11) is 0. The van der Waals surface area contributed by atoms with Gasteiger partial charge in [0.05, 0.1) is 5.92 Å². The molecule has 0 amide bonds. The number of ether oxygens (including phenoxy) is 1. The first-order valence-electron chi connectivity index (χ1n) is 5.98. The molecule has 0 saturated carbocycles. The molecule has 2 rings (SSSR count). The Bertz CT molecular complexity index is 418. The van der Waals surface area contributed by atoms with Crippen molar-refractivity contribution in [1.29, 1.82) is 0 Å². The quantitative estimate of drug-likeness (QED) is 0.859. The van der Waals surface area contributed by atoms with Gasteiger partial charge >= 0.3 is 5.97 Å². The molecule has 1 fully saturated rings. The Labute approximate surface area is 111 Å². The largest absolute Gasteiger partial charge is 0.493 e. The maximum atomic E-state index is 11.2. The minimum absolute atomic E-state index is 0.140. The highest BCUT2D eigenvalue weighted by Crippen LogP contribution is 2.22. The third-order valence-corrected chi connectivity index (χ3v) is 3.45. The fourth-order valence-corrected chi connectivity index (χ4v) is 2.35. The Kier molecular flexibility index (Phi) is 4.44. The molecule has 5 heteroatoms. The maximum Gasteiger partial charge on any atom is 0.310 e. The Morgan fingerprint density at radius 3 is 3.06 bits per heavy atom. The fourth-order valence-electron chi connectivity index (χ4n) is 2.17. The van der Waals surface area contributed by atoms with E-state index in [2.05, 4.69) is 5.32 Å². The molecule has 0 bridgehead atoms. The molecule has 2 atom stereocenters. The van der Waals surface area contributed by atoms with Gasteiger partial charge in [0.25, 0.3) is 0 Å². The highest BCUT2D eigenvalue weighted by molar-refractivity contribution is 6.30. The van der Waals surface area contributed by atoms with Crippen molar-refractivity contribution >= 4 is 17.6 Å². The summed E-state index contributed by atoms with van der Waals surface area (Å²) in [6.07, 6.45) is 0.885.